The lowest BCUT2D eigenvalue weighted by Gasteiger charge is -2.27. The first-order valence-corrected chi connectivity index (χ1v) is 10.9. The van der Waals surface area contributed by atoms with Gasteiger partial charge in [-0.05, 0) is 52.5 Å². The van der Waals surface area contributed by atoms with Crippen molar-refractivity contribution in [3.63, 3.8) is 0 Å². The molecule has 0 spiro atoms. The molecule has 0 unspecified atom stereocenters. The monoisotopic (exact) mass is 427 g/mol. The third kappa shape index (κ3) is 6.13. The van der Waals surface area contributed by atoms with Gasteiger partial charge in [0.05, 0.1) is 11.3 Å². The SMILES string of the molecule is CC(C)Nc1cc(-c2cc(C3CCN(C=O)CC3)on2)ncc1C=N.COC1(C)CC1. The molecule has 4 rings (SSSR count). The number of likely N-dealkylation sites (tertiary alicyclic amines) is 1. The lowest BCUT2D eigenvalue weighted by Crippen LogP contribution is -2.31. The number of carbonyl (C=O) groups is 1. The van der Waals surface area contributed by atoms with E-state index in [-0.39, 0.29) is 12.0 Å². The van der Waals surface area contributed by atoms with Crippen molar-refractivity contribution in [3.8, 4) is 11.4 Å². The molecule has 2 fully saturated rings. The van der Waals surface area contributed by atoms with Gasteiger partial charge in [0.1, 0.15) is 11.5 Å². The van der Waals surface area contributed by atoms with Gasteiger partial charge in [-0.1, -0.05) is 5.16 Å². The third-order valence-corrected chi connectivity index (χ3v) is 5.85. The molecular formula is C23H33N5O3. The maximum Gasteiger partial charge on any atom is 0.209 e. The summed E-state index contributed by atoms with van der Waals surface area (Å²) in [6.45, 7) is 7.73. The van der Waals surface area contributed by atoms with Crippen molar-refractivity contribution >= 4 is 18.3 Å². The van der Waals surface area contributed by atoms with Gasteiger partial charge in [-0.15, -0.1) is 0 Å². The molecule has 1 aliphatic carbocycles. The van der Waals surface area contributed by atoms with E-state index in [2.05, 4.69) is 22.4 Å². The fourth-order valence-corrected chi connectivity index (χ4v) is 3.43. The Bertz CT molecular complexity index is 883. The molecule has 1 saturated carbocycles. The second kappa shape index (κ2) is 10.0. The van der Waals surface area contributed by atoms with Crippen LogP contribution < -0.4 is 5.32 Å². The summed E-state index contributed by atoms with van der Waals surface area (Å²) in [5.41, 5.74) is 3.30. The van der Waals surface area contributed by atoms with Crippen molar-refractivity contribution < 1.29 is 14.1 Å². The van der Waals surface area contributed by atoms with Gasteiger partial charge in [0, 0.05) is 61.9 Å². The fraction of sp³-hybridized carbons (Fsp3) is 0.565. The predicted molar refractivity (Wildman–Crippen MR) is 121 cm³/mol. The van der Waals surface area contributed by atoms with Gasteiger partial charge in [0.25, 0.3) is 0 Å². The Labute approximate surface area is 183 Å². The number of hydrogen-bond acceptors (Lipinski definition) is 7. The molecule has 0 bridgehead atoms. The zero-order chi connectivity index (χ0) is 22.4. The van der Waals surface area contributed by atoms with Gasteiger partial charge in [0.2, 0.25) is 6.41 Å². The van der Waals surface area contributed by atoms with Gasteiger partial charge in [-0.2, -0.15) is 0 Å². The quantitative estimate of drug-likeness (QED) is 0.510. The molecule has 0 radical (unpaired) electrons. The molecule has 1 amide bonds. The highest BCUT2D eigenvalue weighted by atomic mass is 16.5. The number of nitrogens with zero attached hydrogens (tertiary/aromatic N) is 3. The van der Waals surface area contributed by atoms with Crippen molar-refractivity contribution in [2.45, 2.75) is 64.0 Å². The minimum Gasteiger partial charge on any atom is -0.382 e. The largest absolute Gasteiger partial charge is 0.382 e. The fourth-order valence-electron chi connectivity index (χ4n) is 3.43. The average Bonchev–Trinajstić information content (AvgIpc) is 3.33. The van der Waals surface area contributed by atoms with E-state index in [0.717, 1.165) is 49.4 Å². The highest BCUT2D eigenvalue weighted by Gasteiger charge is 2.36. The topological polar surface area (TPSA) is 104 Å². The molecule has 2 aliphatic rings. The van der Waals surface area contributed by atoms with Crippen LogP contribution in [0.15, 0.2) is 22.9 Å². The highest BCUT2D eigenvalue weighted by Crippen LogP contribution is 2.37. The highest BCUT2D eigenvalue weighted by molar-refractivity contribution is 5.86. The molecule has 2 aromatic heterocycles. The Kier molecular flexibility index (Phi) is 7.43. The van der Waals surface area contributed by atoms with Crippen LogP contribution in [-0.4, -0.2) is 59.5 Å². The van der Waals surface area contributed by atoms with E-state index in [0.29, 0.717) is 17.0 Å². The number of methoxy groups -OCH3 is 1. The Morgan fingerprint density at radius 2 is 2.00 bits per heavy atom. The average molecular weight is 428 g/mol. The summed E-state index contributed by atoms with van der Waals surface area (Å²) in [5.74, 6) is 1.13. The summed E-state index contributed by atoms with van der Waals surface area (Å²) in [7, 11) is 1.77. The van der Waals surface area contributed by atoms with Gasteiger partial charge in [-0.3, -0.25) is 9.78 Å². The third-order valence-electron chi connectivity index (χ3n) is 5.85. The summed E-state index contributed by atoms with van der Waals surface area (Å²) in [6, 6.07) is 4.09. The Balaban J connectivity index is 0.000000391. The number of piperidine rings is 1. The molecule has 2 aromatic rings. The molecule has 8 nitrogen and oxygen atoms in total. The van der Waals surface area contributed by atoms with Crippen LogP contribution in [0.5, 0.6) is 0 Å². The van der Waals surface area contributed by atoms with Crippen molar-refractivity contribution in [1.82, 2.24) is 15.0 Å². The van der Waals surface area contributed by atoms with Crippen molar-refractivity contribution in [1.29, 1.82) is 5.41 Å². The second-order valence-electron chi connectivity index (χ2n) is 8.78. The number of nitrogens with one attached hydrogen (secondary N) is 2. The number of amides is 1. The number of hydrogen-bond donors (Lipinski definition) is 2. The van der Waals surface area contributed by atoms with Crippen LogP contribution in [0, 0.1) is 5.41 Å². The Hall–Kier alpha value is -2.74. The number of anilines is 1. The zero-order valence-electron chi connectivity index (χ0n) is 18.9. The molecular weight excluding hydrogens is 394 g/mol. The van der Waals surface area contributed by atoms with Gasteiger partial charge >= 0.3 is 0 Å². The van der Waals surface area contributed by atoms with Crippen LogP contribution in [0.3, 0.4) is 0 Å². The molecule has 0 atom stereocenters. The number of carbonyl (C=O) groups excluding carboxylic acids is 1. The van der Waals surface area contributed by atoms with E-state index >= 15 is 0 Å². The summed E-state index contributed by atoms with van der Waals surface area (Å²) in [6.07, 6.45) is 8.13. The molecule has 3 heterocycles. The van der Waals surface area contributed by atoms with Gasteiger partial charge in [-0.25, -0.2) is 0 Å². The molecule has 1 saturated heterocycles. The maximum absolute atomic E-state index is 10.8. The van der Waals surface area contributed by atoms with Crippen LogP contribution in [0.1, 0.15) is 63.7 Å². The van der Waals surface area contributed by atoms with Crippen LogP contribution >= 0.6 is 0 Å². The summed E-state index contributed by atoms with van der Waals surface area (Å²) in [4.78, 5) is 17.0. The molecule has 31 heavy (non-hydrogen) atoms. The number of pyridine rings is 1. The van der Waals surface area contributed by atoms with Crippen LogP contribution in [0.25, 0.3) is 11.4 Å². The van der Waals surface area contributed by atoms with Crippen molar-refractivity contribution in [2.75, 3.05) is 25.5 Å². The molecule has 1 aliphatic heterocycles. The van der Waals surface area contributed by atoms with E-state index in [4.69, 9.17) is 14.7 Å². The second-order valence-corrected chi connectivity index (χ2v) is 8.78. The van der Waals surface area contributed by atoms with Crippen LogP contribution in [0.2, 0.25) is 0 Å². The lowest BCUT2D eigenvalue weighted by molar-refractivity contribution is -0.119. The Morgan fingerprint density at radius 1 is 1.29 bits per heavy atom. The minimum absolute atomic E-state index is 0.254. The van der Waals surface area contributed by atoms with E-state index in [9.17, 15) is 4.79 Å². The molecule has 168 valence electrons. The Morgan fingerprint density at radius 3 is 2.52 bits per heavy atom. The standard InChI is InChI=1S/C18H23N5O2.C5H10O/c1-12(2)21-15-7-16(20-10-14(15)9-19)17-8-18(25-22-17)13-3-5-23(11-24)6-4-13;1-5(6-2)3-4-5/h7-13,19H,3-6H2,1-2H3,(H,20,21);3-4H2,1-2H3. The molecule has 8 heteroatoms. The molecule has 2 N–H and O–H groups in total. The van der Waals surface area contributed by atoms with Gasteiger partial charge < -0.3 is 24.9 Å². The lowest BCUT2D eigenvalue weighted by atomic mass is 9.94. The van der Waals surface area contributed by atoms with Crippen molar-refractivity contribution in [2.24, 2.45) is 0 Å². The first kappa shape index (κ1) is 22.9. The van der Waals surface area contributed by atoms with Gasteiger partial charge in [0.15, 0.2) is 0 Å². The minimum atomic E-state index is 0.254. The smallest absolute Gasteiger partial charge is 0.209 e. The van der Waals surface area contributed by atoms with E-state index < -0.39 is 0 Å². The van der Waals surface area contributed by atoms with Crippen molar-refractivity contribution in [3.05, 3.63) is 29.7 Å². The van der Waals surface area contributed by atoms with E-state index in [1.807, 2.05) is 26.0 Å². The first-order chi connectivity index (χ1) is 14.9. The first-order valence-electron chi connectivity index (χ1n) is 10.9. The van der Waals surface area contributed by atoms with E-state index in [1.165, 1.54) is 19.1 Å². The summed E-state index contributed by atoms with van der Waals surface area (Å²) >= 11 is 0. The molecule has 0 aromatic carbocycles. The van der Waals surface area contributed by atoms with Crippen LogP contribution in [0.4, 0.5) is 5.69 Å². The normalized spacial score (nSPS) is 17.6. The zero-order valence-corrected chi connectivity index (χ0v) is 18.9. The predicted octanol–water partition coefficient (Wildman–Crippen LogP) is 4.08. The number of ether oxygens (including phenoxy) is 1. The number of aromatic nitrogens is 2. The van der Waals surface area contributed by atoms with E-state index in [1.54, 1.807) is 18.2 Å². The summed E-state index contributed by atoms with van der Waals surface area (Å²) < 4.78 is 10.6. The van der Waals surface area contributed by atoms with Crippen LogP contribution in [-0.2, 0) is 9.53 Å². The maximum atomic E-state index is 10.8. The summed E-state index contributed by atoms with van der Waals surface area (Å²) in [5, 5.41) is 15.0. The number of rotatable bonds is 7.